The minimum Gasteiger partial charge on any atom is -0.396 e. The van der Waals surface area contributed by atoms with Gasteiger partial charge in [0.2, 0.25) is 0 Å². The molecule has 0 unspecified atom stereocenters. The minimum absolute atomic E-state index is 0.00257. The van der Waals surface area contributed by atoms with Gasteiger partial charge in [-0.05, 0) is 37.8 Å². The van der Waals surface area contributed by atoms with Crippen LogP contribution in [0.15, 0.2) is 24.3 Å². The fourth-order valence-electron chi connectivity index (χ4n) is 2.40. The molecule has 2 rings (SSSR count). The Bertz CT molecular complexity index is 415. The molecule has 1 N–H and O–H groups in total. The third-order valence-electron chi connectivity index (χ3n) is 3.59. The van der Waals surface area contributed by atoms with Crippen LogP contribution >= 0.6 is 0 Å². The zero-order valence-corrected chi connectivity index (χ0v) is 10.7. The van der Waals surface area contributed by atoms with Crippen molar-refractivity contribution >= 4 is 5.69 Å². The van der Waals surface area contributed by atoms with E-state index in [-0.39, 0.29) is 18.3 Å². The first-order valence-electron chi connectivity index (χ1n) is 6.58. The number of rotatable bonds is 5. The standard InChI is InChI=1S/C14H18F3NO/c15-14(16,17)12-7-1-2-8-13(12)18(9-4-10-19)11-5-3-6-11/h1-2,7-8,11,19H,3-6,9-10H2. The Labute approximate surface area is 110 Å². The van der Waals surface area contributed by atoms with Gasteiger partial charge in [0.05, 0.1) is 5.56 Å². The van der Waals surface area contributed by atoms with E-state index in [2.05, 4.69) is 0 Å². The highest BCUT2D eigenvalue weighted by atomic mass is 19.4. The lowest BCUT2D eigenvalue weighted by Gasteiger charge is -2.40. The number of anilines is 1. The van der Waals surface area contributed by atoms with Gasteiger partial charge in [-0.15, -0.1) is 0 Å². The molecule has 0 bridgehead atoms. The number of para-hydroxylation sites is 1. The Morgan fingerprint density at radius 2 is 1.89 bits per heavy atom. The third-order valence-corrected chi connectivity index (χ3v) is 3.59. The van der Waals surface area contributed by atoms with Crippen LogP contribution in [0.4, 0.5) is 18.9 Å². The van der Waals surface area contributed by atoms with E-state index in [0.29, 0.717) is 13.0 Å². The van der Waals surface area contributed by atoms with Gasteiger partial charge in [0.1, 0.15) is 0 Å². The number of nitrogens with zero attached hydrogens (tertiary/aromatic N) is 1. The summed E-state index contributed by atoms with van der Waals surface area (Å²) < 4.78 is 39.1. The summed E-state index contributed by atoms with van der Waals surface area (Å²) in [5, 5.41) is 8.91. The highest BCUT2D eigenvalue weighted by molar-refractivity contribution is 5.56. The van der Waals surface area contributed by atoms with Gasteiger partial charge in [-0.25, -0.2) is 0 Å². The van der Waals surface area contributed by atoms with E-state index in [1.807, 2.05) is 4.90 Å². The average molecular weight is 273 g/mol. The second-order valence-electron chi connectivity index (χ2n) is 4.87. The molecule has 2 nitrogen and oxygen atoms in total. The molecule has 0 saturated heterocycles. The maximum atomic E-state index is 13.0. The molecule has 0 amide bonds. The van der Waals surface area contributed by atoms with Gasteiger partial charge >= 0.3 is 6.18 Å². The van der Waals surface area contributed by atoms with Gasteiger partial charge < -0.3 is 10.0 Å². The van der Waals surface area contributed by atoms with Crippen LogP contribution in [-0.2, 0) is 6.18 Å². The maximum absolute atomic E-state index is 13.0. The fraction of sp³-hybridized carbons (Fsp3) is 0.571. The number of aliphatic hydroxyl groups excluding tert-OH is 1. The monoisotopic (exact) mass is 273 g/mol. The van der Waals surface area contributed by atoms with Gasteiger partial charge in [0, 0.05) is 24.9 Å². The number of aliphatic hydroxyl groups is 1. The van der Waals surface area contributed by atoms with Crippen LogP contribution in [0.25, 0.3) is 0 Å². The molecule has 1 aliphatic carbocycles. The fourth-order valence-corrected chi connectivity index (χ4v) is 2.40. The highest BCUT2D eigenvalue weighted by Gasteiger charge is 2.36. The zero-order valence-electron chi connectivity index (χ0n) is 10.7. The van der Waals surface area contributed by atoms with Gasteiger partial charge in [0.15, 0.2) is 0 Å². The first-order valence-corrected chi connectivity index (χ1v) is 6.58. The molecular formula is C14H18F3NO. The van der Waals surface area contributed by atoms with Crippen LogP contribution in [-0.4, -0.2) is 24.3 Å². The van der Waals surface area contributed by atoms with E-state index >= 15 is 0 Å². The quantitative estimate of drug-likeness (QED) is 0.888. The van der Waals surface area contributed by atoms with Gasteiger partial charge in [0.25, 0.3) is 0 Å². The lowest BCUT2D eigenvalue weighted by molar-refractivity contribution is -0.137. The average Bonchev–Trinajstić information content (AvgIpc) is 2.31. The van der Waals surface area contributed by atoms with E-state index < -0.39 is 11.7 Å². The Morgan fingerprint density at radius 3 is 2.42 bits per heavy atom. The van der Waals surface area contributed by atoms with E-state index in [9.17, 15) is 13.2 Å². The van der Waals surface area contributed by atoms with Crippen molar-refractivity contribution in [2.24, 2.45) is 0 Å². The molecule has 1 saturated carbocycles. The summed E-state index contributed by atoms with van der Waals surface area (Å²) in [5.41, 5.74) is -0.340. The molecule has 1 fully saturated rings. The van der Waals surface area contributed by atoms with E-state index in [0.717, 1.165) is 25.3 Å². The van der Waals surface area contributed by atoms with Crippen molar-refractivity contribution in [1.82, 2.24) is 0 Å². The molecule has 0 spiro atoms. The normalized spacial score (nSPS) is 16.2. The number of halogens is 3. The first kappa shape index (κ1) is 14.2. The molecule has 106 valence electrons. The Kier molecular flexibility index (Phi) is 4.34. The smallest absolute Gasteiger partial charge is 0.396 e. The molecule has 0 heterocycles. The summed E-state index contributed by atoms with van der Waals surface area (Å²) >= 11 is 0. The van der Waals surface area contributed by atoms with Crippen LogP contribution in [0.3, 0.4) is 0 Å². The molecule has 0 atom stereocenters. The second kappa shape index (κ2) is 5.82. The Morgan fingerprint density at radius 1 is 1.21 bits per heavy atom. The van der Waals surface area contributed by atoms with Crippen LogP contribution in [0.5, 0.6) is 0 Å². The van der Waals surface area contributed by atoms with E-state index in [4.69, 9.17) is 5.11 Å². The predicted octanol–water partition coefficient (Wildman–Crippen LogP) is 3.45. The van der Waals surface area contributed by atoms with Crippen molar-refractivity contribution in [2.45, 2.75) is 37.9 Å². The molecule has 1 aromatic carbocycles. The zero-order chi connectivity index (χ0) is 13.9. The lowest BCUT2D eigenvalue weighted by atomic mass is 9.90. The van der Waals surface area contributed by atoms with Crippen molar-refractivity contribution in [3.05, 3.63) is 29.8 Å². The van der Waals surface area contributed by atoms with Crippen molar-refractivity contribution in [3.63, 3.8) is 0 Å². The molecular weight excluding hydrogens is 255 g/mol. The summed E-state index contributed by atoms with van der Waals surface area (Å²) in [6.07, 6.45) is -0.926. The van der Waals surface area contributed by atoms with E-state index in [1.54, 1.807) is 6.07 Å². The molecule has 0 radical (unpaired) electrons. The van der Waals surface area contributed by atoms with Crippen LogP contribution in [0.2, 0.25) is 0 Å². The maximum Gasteiger partial charge on any atom is 0.418 e. The highest BCUT2D eigenvalue weighted by Crippen LogP contribution is 2.39. The van der Waals surface area contributed by atoms with Crippen molar-refractivity contribution in [3.8, 4) is 0 Å². The predicted molar refractivity (Wildman–Crippen MR) is 68.1 cm³/mol. The first-order chi connectivity index (χ1) is 9.04. The largest absolute Gasteiger partial charge is 0.418 e. The van der Waals surface area contributed by atoms with Crippen LogP contribution < -0.4 is 4.90 Å². The lowest BCUT2D eigenvalue weighted by Crippen LogP contribution is -2.42. The van der Waals surface area contributed by atoms with Crippen LogP contribution in [0, 0.1) is 0 Å². The van der Waals surface area contributed by atoms with Crippen molar-refractivity contribution in [1.29, 1.82) is 0 Å². The minimum atomic E-state index is -4.34. The van der Waals surface area contributed by atoms with Gasteiger partial charge in [-0.1, -0.05) is 12.1 Å². The van der Waals surface area contributed by atoms with Crippen LogP contribution in [0.1, 0.15) is 31.2 Å². The molecule has 19 heavy (non-hydrogen) atoms. The Hall–Kier alpha value is -1.23. The topological polar surface area (TPSA) is 23.5 Å². The number of benzene rings is 1. The molecule has 0 aliphatic heterocycles. The van der Waals surface area contributed by atoms with Crippen molar-refractivity contribution in [2.75, 3.05) is 18.1 Å². The number of hydrogen-bond donors (Lipinski definition) is 1. The van der Waals surface area contributed by atoms with Crippen molar-refractivity contribution < 1.29 is 18.3 Å². The third kappa shape index (κ3) is 3.21. The number of alkyl halides is 3. The summed E-state index contributed by atoms with van der Waals surface area (Å²) in [6, 6.07) is 5.88. The number of hydrogen-bond acceptors (Lipinski definition) is 2. The summed E-state index contributed by atoms with van der Waals surface area (Å²) in [6.45, 7) is 0.464. The Balaban J connectivity index is 2.29. The molecule has 1 aromatic rings. The molecule has 5 heteroatoms. The summed E-state index contributed by atoms with van der Waals surface area (Å²) in [4.78, 5) is 1.81. The molecule has 0 aromatic heterocycles. The molecule has 1 aliphatic rings. The van der Waals surface area contributed by atoms with Gasteiger partial charge in [-0.3, -0.25) is 0 Å². The van der Waals surface area contributed by atoms with E-state index in [1.165, 1.54) is 12.1 Å². The summed E-state index contributed by atoms with van der Waals surface area (Å²) in [5.74, 6) is 0. The summed E-state index contributed by atoms with van der Waals surface area (Å²) in [7, 11) is 0. The van der Waals surface area contributed by atoms with Gasteiger partial charge in [-0.2, -0.15) is 13.2 Å². The second-order valence-corrected chi connectivity index (χ2v) is 4.87. The SMILES string of the molecule is OCCCN(c1ccccc1C(F)(F)F)C1CCC1.